The molecule has 2 amide bonds. The van der Waals surface area contributed by atoms with Gasteiger partial charge in [-0.1, -0.05) is 13.8 Å². The summed E-state index contributed by atoms with van der Waals surface area (Å²) in [5.74, 6) is 0.500. The zero-order valence-corrected chi connectivity index (χ0v) is 18.7. The summed E-state index contributed by atoms with van der Waals surface area (Å²) in [6, 6.07) is 6.19. The zero-order chi connectivity index (χ0) is 21.9. The quantitative estimate of drug-likeness (QED) is 0.724. The standard InChI is InChI=1S/C21H31N3O5S/c1-16-13-17(2)15-24(14-16)30(27,28)19-7-5-18(6-8-19)20(25)22-9-4-10-23(12-11-22)21(26)29-3/h5-8,16-17H,4,9-15H2,1-3H3. The third-order valence-corrected chi connectivity index (χ3v) is 7.64. The van der Waals surface area contributed by atoms with Gasteiger partial charge in [0.25, 0.3) is 5.91 Å². The number of methoxy groups -OCH3 is 1. The molecule has 1 aromatic rings. The fourth-order valence-electron chi connectivity index (χ4n) is 4.34. The molecule has 0 aromatic heterocycles. The molecule has 30 heavy (non-hydrogen) atoms. The fraction of sp³-hybridized carbons (Fsp3) is 0.619. The summed E-state index contributed by atoms with van der Waals surface area (Å²) >= 11 is 0. The molecule has 2 atom stereocenters. The van der Waals surface area contributed by atoms with Gasteiger partial charge < -0.3 is 14.5 Å². The first-order valence-corrected chi connectivity index (χ1v) is 11.9. The van der Waals surface area contributed by atoms with Crippen LogP contribution in [0.25, 0.3) is 0 Å². The highest BCUT2D eigenvalue weighted by atomic mass is 32.2. The van der Waals surface area contributed by atoms with Crippen molar-refractivity contribution in [1.29, 1.82) is 0 Å². The van der Waals surface area contributed by atoms with Crippen molar-refractivity contribution in [1.82, 2.24) is 14.1 Å². The molecule has 2 saturated heterocycles. The molecule has 9 heteroatoms. The molecule has 0 N–H and O–H groups in total. The number of sulfonamides is 1. The lowest BCUT2D eigenvalue weighted by Crippen LogP contribution is -2.42. The van der Waals surface area contributed by atoms with E-state index >= 15 is 0 Å². The number of ether oxygens (including phenoxy) is 1. The van der Waals surface area contributed by atoms with E-state index in [2.05, 4.69) is 13.8 Å². The Bertz CT molecular complexity index is 861. The van der Waals surface area contributed by atoms with Crippen LogP contribution in [0.3, 0.4) is 0 Å². The molecule has 0 radical (unpaired) electrons. The Morgan fingerprint density at radius 1 is 0.933 bits per heavy atom. The highest BCUT2D eigenvalue weighted by molar-refractivity contribution is 7.89. The van der Waals surface area contributed by atoms with E-state index < -0.39 is 10.0 Å². The number of nitrogens with zero attached hydrogens (tertiary/aromatic N) is 3. The van der Waals surface area contributed by atoms with Crippen molar-refractivity contribution in [3.05, 3.63) is 29.8 Å². The molecule has 3 rings (SSSR count). The molecule has 0 bridgehead atoms. The number of rotatable bonds is 3. The predicted molar refractivity (Wildman–Crippen MR) is 113 cm³/mol. The molecule has 0 aliphatic carbocycles. The first-order valence-electron chi connectivity index (χ1n) is 10.4. The van der Waals surface area contributed by atoms with Crippen molar-refractivity contribution < 1.29 is 22.7 Å². The largest absolute Gasteiger partial charge is 0.453 e. The Labute approximate surface area is 178 Å². The Morgan fingerprint density at radius 3 is 2.10 bits per heavy atom. The maximum atomic E-state index is 13.0. The number of piperidine rings is 1. The van der Waals surface area contributed by atoms with Crippen LogP contribution in [-0.4, -0.2) is 80.9 Å². The molecule has 0 saturated carbocycles. The Kier molecular flexibility index (Phi) is 7.02. The average molecular weight is 438 g/mol. The van der Waals surface area contributed by atoms with Gasteiger partial charge in [-0.3, -0.25) is 4.79 Å². The number of carbonyl (C=O) groups excluding carboxylic acids is 2. The van der Waals surface area contributed by atoms with Gasteiger partial charge in [0.15, 0.2) is 0 Å². The van der Waals surface area contributed by atoms with Crippen LogP contribution in [-0.2, 0) is 14.8 Å². The minimum Gasteiger partial charge on any atom is -0.453 e. The molecular formula is C21H31N3O5S. The molecule has 8 nitrogen and oxygen atoms in total. The molecule has 2 aliphatic rings. The summed E-state index contributed by atoms with van der Waals surface area (Å²) in [5.41, 5.74) is 0.445. The highest BCUT2D eigenvalue weighted by Gasteiger charge is 2.32. The highest BCUT2D eigenvalue weighted by Crippen LogP contribution is 2.27. The second kappa shape index (κ2) is 9.34. The first-order chi connectivity index (χ1) is 14.2. The fourth-order valence-corrected chi connectivity index (χ4v) is 6.01. The number of hydrogen-bond donors (Lipinski definition) is 0. The Balaban J connectivity index is 1.69. The van der Waals surface area contributed by atoms with Crippen LogP contribution in [0, 0.1) is 11.8 Å². The summed E-state index contributed by atoms with van der Waals surface area (Å²) in [4.78, 5) is 28.1. The summed E-state index contributed by atoms with van der Waals surface area (Å²) in [6.07, 6.45) is 1.31. The molecule has 2 unspecified atom stereocenters. The van der Waals surface area contributed by atoms with Gasteiger partial charge in [0.2, 0.25) is 10.0 Å². The van der Waals surface area contributed by atoms with E-state index in [4.69, 9.17) is 4.74 Å². The smallest absolute Gasteiger partial charge is 0.409 e. The van der Waals surface area contributed by atoms with Gasteiger partial charge in [-0.2, -0.15) is 4.31 Å². The van der Waals surface area contributed by atoms with E-state index in [9.17, 15) is 18.0 Å². The van der Waals surface area contributed by atoms with E-state index in [1.54, 1.807) is 26.2 Å². The molecule has 2 aliphatic heterocycles. The monoisotopic (exact) mass is 437 g/mol. The van der Waals surface area contributed by atoms with Gasteiger partial charge >= 0.3 is 6.09 Å². The van der Waals surface area contributed by atoms with Crippen molar-refractivity contribution >= 4 is 22.0 Å². The lowest BCUT2D eigenvalue weighted by atomic mass is 9.94. The van der Waals surface area contributed by atoms with Gasteiger partial charge in [0.1, 0.15) is 0 Å². The molecule has 1 aromatic carbocycles. The van der Waals surface area contributed by atoms with Crippen LogP contribution >= 0.6 is 0 Å². The van der Waals surface area contributed by atoms with Crippen LogP contribution in [0.15, 0.2) is 29.2 Å². The maximum Gasteiger partial charge on any atom is 0.409 e. The number of carbonyl (C=O) groups is 2. The summed E-state index contributed by atoms with van der Waals surface area (Å²) < 4.78 is 32.3. The Morgan fingerprint density at radius 2 is 1.50 bits per heavy atom. The van der Waals surface area contributed by atoms with Gasteiger partial charge in [-0.15, -0.1) is 0 Å². The number of hydrogen-bond acceptors (Lipinski definition) is 5. The van der Waals surface area contributed by atoms with E-state index in [-0.39, 0.29) is 16.9 Å². The third-order valence-electron chi connectivity index (χ3n) is 5.79. The predicted octanol–water partition coefficient (Wildman–Crippen LogP) is 2.27. The maximum absolute atomic E-state index is 13.0. The van der Waals surface area contributed by atoms with Crippen molar-refractivity contribution in [2.24, 2.45) is 11.8 Å². The van der Waals surface area contributed by atoms with Crippen molar-refractivity contribution in [3.63, 3.8) is 0 Å². The van der Waals surface area contributed by atoms with E-state index in [0.717, 1.165) is 6.42 Å². The zero-order valence-electron chi connectivity index (χ0n) is 17.9. The lowest BCUT2D eigenvalue weighted by molar-refractivity contribution is 0.0757. The second-order valence-electron chi connectivity index (χ2n) is 8.40. The molecule has 2 fully saturated rings. The number of amides is 2. The second-order valence-corrected chi connectivity index (χ2v) is 10.3. The van der Waals surface area contributed by atoms with Gasteiger partial charge in [-0.05, 0) is 48.9 Å². The van der Waals surface area contributed by atoms with E-state index in [0.29, 0.717) is 63.1 Å². The molecule has 166 valence electrons. The van der Waals surface area contributed by atoms with Gasteiger partial charge in [0, 0.05) is 44.8 Å². The SMILES string of the molecule is COC(=O)N1CCCN(C(=O)c2ccc(S(=O)(=O)N3CC(C)CC(C)C3)cc2)CC1. The topological polar surface area (TPSA) is 87.2 Å². The summed E-state index contributed by atoms with van der Waals surface area (Å²) in [6.45, 7) is 7.10. The van der Waals surface area contributed by atoms with Crippen molar-refractivity contribution in [2.75, 3.05) is 46.4 Å². The molecule has 0 spiro atoms. The van der Waals surface area contributed by atoms with Gasteiger partial charge in [0.05, 0.1) is 12.0 Å². The van der Waals surface area contributed by atoms with Crippen LogP contribution in [0.4, 0.5) is 4.79 Å². The normalized spacial score (nSPS) is 23.7. The van der Waals surface area contributed by atoms with Crippen LogP contribution < -0.4 is 0 Å². The minimum absolute atomic E-state index is 0.161. The van der Waals surface area contributed by atoms with Gasteiger partial charge in [-0.25, -0.2) is 13.2 Å². The van der Waals surface area contributed by atoms with Crippen molar-refractivity contribution in [2.45, 2.75) is 31.6 Å². The summed E-state index contributed by atoms with van der Waals surface area (Å²) in [7, 11) is -2.23. The summed E-state index contributed by atoms with van der Waals surface area (Å²) in [5, 5.41) is 0. The van der Waals surface area contributed by atoms with E-state index in [1.807, 2.05) is 0 Å². The lowest BCUT2D eigenvalue weighted by Gasteiger charge is -2.34. The van der Waals surface area contributed by atoms with Crippen LogP contribution in [0.5, 0.6) is 0 Å². The van der Waals surface area contributed by atoms with E-state index in [1.165, 1.54) is 19.2 Å². The average Bonchev–Trinajstić information content (AvgIpc) is 2.98. The van der Waals surface area contributed by atoms with Crippen LogP contribution in [0.2, 0.25) is 0 Å². The minimum atomic E-state index is -3.57. The molecular weight excluding hydrogens is 406 g/mol. The first kappa shape index (κ1) is 22.6. The Hall–Kier alpha value is -2.13. The van der Waals surface area contributed by atoms with Crippen molar-refractivity contribution in [3.8, 4) is 0 Å². The third kappa shape index (κ3) is 4.95. The number of benzene rings is 1. The molecule has 2 heterocycles. The van der Waals surface area contributed by atoms with Crippen LogP contribution in [0.1, 0.15) is 37.0 Å².